The number of hydrogen-bond acceptors (Lipinski definition) is 15. The standard InChI is InChI=1S/C35H39N5O13P2/c1-6-24-38-31(36)26-32(39-24)40(17-37-26)33-30-29(52-35(3,4)53-30)23(51-33)16-50-55(44,45)18-54(42,43)49-13-12-21-27(46-5)19(2)22-15-48-34(41)25(22)28(21)47-14-20-10-8-7-9-11-20/h1,7-11,17,23,29-30,33H,12-16,18H2,2-5H3,(H,42,43)(H,44,45)(H2,36,38,39)/t23-,29-,30-,33-/m1/s1. The summed E-state index contributed by atoms with van der Waals surface area (Å²) in [4.78, 5) is 47.0. The third kappa shape index (κ3) is 7.86. The minimum Gasteiger partial charge on any atom is -0.496 e. The number of carbonyl (C=O) groups is 1. The van der Waals surface area contributed by atoms with E-state index in [2.05, 4.69) is 20.9 Å². The quantitative estimate of drug-likeness (QED) is 0.0929. The van der Waals surface area contributed by atoms with Crippen LogP contribution in [-0.2, 0) is 56.8 Å². The molecule has 6 atom stereocenters. The number of fused-ring (bicyclic) bond motifs is 3. The lowest BCUT2D eigenvalue weighted by molar-refractivity contribution is -0.199. The normalized spacial score (nSPS) is 23.4. The highest BCUT2D eigenvalue weighted by atomic mass is 31.2. The molecule has 0 saturated carbocycles. The number of cyclic esters (lactones) is 1. The zero-order chi connectivity index (χ0) is 39.3. The molecule has 0 aliphatic carbocycles. The molecule has 0 spiro atoms. The fraction of sp³-hybridized carbons (Fsp3) is 0.429. The Balaban J connectivity index is 1.03. The van der Waals surface area contributed by atoms with Gasteiger partial charge in [-0.2, -0.15) is 0 Å². The van der Waals surface area contributed by atoms with Gasteiger partial charge in [0.25, 0.3) is 0 Å². The molecule has 4 N–H and O–H groups in total. The van der Waals surface area contributed by atoms with E-state index in [0.29, 0.717) is 22.4 Å². The van der Waals surface area contributed by atoms with Crippen LogP contribution in [0.25, 0.3) is 11.2 Å². The van der Waals surface area contributed by atoms with Crippen LogP contribution in [0.4, 0.5) is 5.82 Å². The number of anilines is 1. The molecule has 3 aliphatic rings. The molecule has 4 aromatic rings. The first-order valence-electron chi connectivity index (χ1n) is 17.1. The van der Waals surface area contributed by atoms with E-state index in [9.17, 15) is 23.7 Å². The second-order valence-electron chi connectivity index (χ2n) is 13.5. The van der Waals surface area contributed by atoms with Gasteiger partial charge in [-0.25, -0.2) is 19.7 Å². The second kappa shape index (κ2) is 14.9. The van der Waals surface area contributed by atoms with E-state index in [0.717, 1.165) is 5.56 Å². The predicted molar refractivity (Wildman–Crippen MR) is 193 cm³/mol. The van der Waals surface area contributed by atoms with Crippen molar-refractivity contribution in [3.63, 3.8) is 0 Å². The number of rotatable bonds is 14. The third-order valence-electron chi connectivity index (χ3n) is 9.27. The van der Waals surface area contributed by atoms with Gasteiger partial charge in [0.2, 0.25) is 5.82 Å². The van der Waals surface area contributed by atoms with Gasteiger partial charge in [-0.1, -0.05) is 30.3 Å². The Morgan fingerprint density at radius 1 is 1.09 bits per heavy atom. The molecule has 5 heterocycles. The fourth-order valence-corrected chi connectivity index (χ4v) is 10.2. The maximum Gasteiger partial charge on any atom is 0.342 e. The van der Waals surface area contributed by atoms with Crippen LogP contribution in [0.2, 0.25) is 0 Å². The van der Waals surface area contributed by atoms with Crippen LogP contribution in [0.1, 0.15) is 58.5 Å². The van der Waals surface area contributed by atoms with Gasteiger partial charge in [0.05, 0.1) is 26.7 Å². The van der Waals surface area contributed by atoms with Gasteiger partial charge in [-0.3, -0.25) is 13.7 Å². The molecule has 18 nitrogen and oxygen atoms in total. The smallest absolute Gasteiger partial charge is 0.342 e. The number of benzene rings is 2. The SMILES string of the molecule is C#Cc1nc(N)c2ncn([C@@H]3O[C@H](COP(=O)(O)CP(=O)(O)OCCc4c(OC)c(C)c5c(c4OCc4ccccc4)C(=O)OC5)[C@H]4OC(C)(C)O[C@H]43)c2n1. The van der Waals surface area contributed by atoms with Crippen molar-refractivity contribution in [2.45, 2.75) is 70.7 Å². The Bertz CT molecular complexity index is 2280. The van der Waals surface area contributed by atoms with Crippen molar-refractivity contribution in [3.8, 4) is 23.8 Å². The number of hydrogen-bond donors (Lipinski definition) is 3. The van der Waals surface area contributed by atoms with Crippen molar-refractivity contribution in [1.29, 1.82) is 0 Å². The number of carbonyl (C=O) groups excluding carboxylic acids is 1. The van der Waals surface area contributed by atoms with Gasteiger partial charge in [0.15, 0.2) is 29.4 Å². The molecule has 20 heteroatoms. The van der Waals surface area contributed by atoms with E-state index in [1.165, 1.54) is 13.4 Å². The third-order valence-corrected chi connectivity index (χ3v) is 13.3. The minimum atomic E-state index is -4.78. The number of methoxy groups -OCH3 is 1. The average molecular weight is 800 g/mol. The van der Waals surface area contributed by atoms with E-state index in [4.69, 9.17) is 49.6 Å². The largest absolute Gasteiger partial charge is 0.496 e. The first-order valence-corrected chi connectivity index (χ1v) is 20.6. The predicted octanol–water partition coefficient (Wildman–Crippen LogP) is 3.98. The Labute approximate surface area is 315 Å². The van der Waals surface area contributed by atoms with Crippen LogP contribution < -0.4 is 15.2 Å². The topological polar surface area (TPSA) is 235 Å². The van der Waals surface area contributed by atoms with Crippen LogP contribution in [0.5, 0.6) is 11.5 Å². The second-order valence-corrected chi connectivity index (χ2v) is 17.7. The Hall–Kier alpha value is -4.40. The number of imidazole rings is 1. The number of ether oxygens (including phenoxy) is 6. The molecule has 55 heavy (non-hydrogen) atoms. The molecule has 0 bridgehead atoms. The number of terminal acetylenes is 1. The average Bonchev–Trinajstić information content (AvgIpc) is 3.89. The number of nitrogens with zero attached hydrogens (tertiary/aromatic N) is 4. The summed E-state index contributed by atoms with van der Waals surface area (Å²) in [6.45, 7) is 4.38. The highest BCUT2D eigenvalue weighted by Crippen LogP contribution is 2.59. The lowest BCUT2D eigenvalue weighted by Gasteiger charge is -2.25. The van der Waals surface area contributed by atoms with Gasteiger partial charge in [0.1, 0.15) is 54.1 Å². The highest BCUT2D eigenvalue weighted by molar-refractivity contribution is 7.70. The molecule has 2 saturated heterocycles. The van der Waals surface area contributed by atoms with Crippen molar-refractivity contribution < 1.29 is 61.2 Å². The number of esters is 1. The molecule has 2 aromatic heterocycles. The molecule has 2 fully saturated rings. The molecular formula is C35H39N5O13P2. The molecule has 2 unspecified atom stereocenters. The van der Waals surface area contributed by atoms with Crippen molar-refractivity contribution in [2.24, 2.45) is 0 Å². The molecule has 0 radical (unpaired) electrons. The zero-order valence-corrected chi connectivity index (χ0v) is 32.0. The van der Waals surface area contributed by atoms with Gasteiger partial charge >= 0.3 is 21.2 Å². The Morgan fingerprint density at radius 3 is 2.55 bits per heavy atom. The maximum atomic E-state index is 13.3. The summed E-state index contributed by atoms with van der Waals surface area (Å²) in [6, 6.07) is 9.28. The summed E-state index contributed by atoms with van der Waals surface area (Å²) < 4.78 is 74.2. The van der Waals surface area contributed by atoms with Crippen molar-refractivity contribution in [2.75, 3.05) is 32.0 Å². The first kappa shape index (κ1) is 38.9. The van der Waals surface area contributed by atoms with E-state index < -0.39 is 70.6 Å². The summed E-state index contributed by atoms with van der Waals surface area (Å²) in [7, 11) is -8.08. The van der Waals surface area contributed by atoms with Crippen LogP contribution in [0, 0.1) is 19.3 Å². The van der Waals surface area contributed by atoms with E-state index in [1.54, 1.807) is 25.3 Å². The molecule has 0 amide bonds. The van der Waals surface area contributed by atoms with Crippen molar-refractivity contribution in [1.82, 2.24) is 19.5 Å². The molecule has 3 aliphatic heterocycles. The van der Waals surface area contributed by atoms with Gasteiger partial charge < -0.3 is 53.0 Å². The Morgan fingerprint density at radius 2 is 1.82 bits per heavy atom. The van der Waals surface area contributed by atoms with Gasteiger partial charge in [-0.15, -0.1) is 6.42 Å². The summed E-state index contributed by atoms with van der Waals surface area (Å²) in [5, 5.41) is 0. The summed E-state index contributed by atoms with van der Waals surface area (Å²) in [6.07, 6.45) is 3.45. The van der Waals surface area contributed by atoms with E-state index >= 15 is 0 Å². The summed E-state index contributed by atoms with van der Waals surface area (Å²) >= 11 is 0. The minimum absolute atomic E-state index is 0.0324. The molecule has 2 aromatic carbocycles. The molecule has 7 rings (SSSR count). The van der Waals surface area contributed by atoms with Gasteiger partial charge in [-0.05, 0) is 37.8 Å². The van der Waals surface area contributed by atoms with Crippen LogP contribution in [0.15, 0.2) is 36.7 Å². The van der Waals surface area contributed by atoms with Crippen LogP contribution in [0.3, 0.4) is 0 Å². The van der Waals surface area contributed by atoms with Crippen molar-refractivity contribution >= 4 is 38.1 Å². The number of nitrogen functional groups attached to an aromatic ring is 1. The first-order chi connectivity index (χ1) is 26.1. The zero-order valence-electron chi connectivity index (χ0n) is 30.2. The lowest BCUT2D eigenvalue weighted by atomic mass is 9.95. The maximum absolute atomic E-state index is 13.3. The number of nitrogens with two attached hydrogens (primary N) is 1. The van der Waals surface area contributed by atoms with Crippen LogP contribution >= 0.6 is 15.2 Å². The molecular weight excluding hydrogens is 760 g/mol. The monoisotopic (exact) mass is 799 g/mol. The molecule has 292 valence electrons. The number of aromatic nitrogens is 4. The van der Waals surface area contributed by atoms with E-state index in [-0.39, 0.29) is 53.8 Å². The Kier molecular flexibility index (Phi) is 10.5. The highest BCUT2D eigenvalue weighted by Gasteiger charge is 2.56. The summed E-state index contributed by atoms with van der Waals surface area (Å²) in [5.74, 6) is 0.159. The van der Waals surface area contributed by atoms with E-state index in [1.807, 2.05) is 30.3 Å². The summed E-state index contributed by atoms with van der Waals surface area (Å²) in [5.41, 5.74) is 9.30. The fourth-order valence-electron chi connectivity index (χ4n) is 6.93. The van der Waals surface area contributed by atoms with Gasteiger partial charge in [0, 0.05) is 17.5 Å². The van der Waals surface area contributed by atoms with Crippen LogP contribution in [-0.4, -0.2) is 85.6 Å². The van der Waals surface area contributed by atoms with Crippen molar-refractivity contribution in [3.05, 3.63) is 70.3 Å². The lowest BCUT2D eigenvalue weighted by Crippen LogP contribution is -2.32.